The molecule has 0 N–H and O–H groups in total. The van der Waals surface area contributed by atoms with Crippen molar-refractivity contribution >= 4 is 11.9 Å². The van der Waals surface area contributed by atoms with Gasteiger partial charge in [-0.3, -0.25) is 9.48 Å². The Labute approximate surface area is 172 Å². The molecule has 0 aromatic carbocycles. The van der Waals surface area contributed by atoms with Crippen molar-refractivity contribution < 1.29 is 22.7 Å². The maximum absolute atomic E-state index is 13.6. The first-order chi connectivity index (χ1) is 14.1. The molecule has 0 atom stereocenters. The fraction of sp³-hybridized carbons (Fsp3) is 0.579. The Morgan fingerprint density at radius 2 is 1.87 bits per heavy atom. The van der Waals surface area contributed by atoms with Gasteiger partial charge >= 0.3 is 6.18 Å². The highest BCUT2D eigenvalue weighted by Gasteiger charge is 2.41. The number of aryl methyl sites for hydroxylation is 1. The van der Waals surface area contributed by atoms with Gasteiger partial charge in [0.15, 0.2) is 5.69 Å². The Morgan fingerprint density at radius 1 is 1.20 bits per heavy atom. The zero-order valence-electron chi connectivity index (χ0n) is 17.4. The van der Waals surface area contributed by atoms with E-state index in [0.29, 0.717) is 31.5 Å². The molecule has 1 fully saturated rings. The average molecular weight is 426 g/mol. The number of alkyl halides is 3. The monoisotopic (exact) mass is 426 g/mol. The lowest BCUT2D eigenvalue weighted by molar-refractivity contribution is -0.145. The number of carbonyl (C=O) groups excluding carboxylic acids is 1. The van der Waals surface area contributed by atoms with E-state index in [1.54, 1.807) is 19.9 Å². The molecule has 0 bridgehead atoms. The molecule has 3 heterocycles. The largest absolute Gasteiger partial charge is 0.478 e. The van der Waals surface area contributed by atoms with Crippen molar-refractivity contribution in [3.05, 3.63) is 29.2 Å². The van der Waals surface area contributed by atoms with Gasteiger partial charge in [0.1, 0.15) is 0 Å². The summed E-state index contributed by atoms with van der Waals surface area (Å²) in [6.07, 6.45) is -3.66. The van der Waals surface area contributed by atoms with Gasteiger partial charge in [-0.15, -0.1) is 0 Å². The Morgan fingerprint density at radius 3 is 2.43 bits per heavy atom. The maximum Gasteiger partial charge on any atom is 0.433 e. The highest BCUT2D eigenvalue weighted by molar-refractivity contribution is 5.95. The highest BCUT2D eigenvalue weighted by Crippen LogP contribution is 2.34. The first-order valence-electron chi connectivity index (χ1n) is 9.79. The summed E-state index contributed by atoms with van der Waals surface area (Å²) in [4.78, 5) is 24.9. The normalized spacial score (nSPS) is 15.1. The van der Waals surface area contributed by atoms with Gasteiger partial charge < -0.3 is 14.5 Å². The minimum Gasteiger partial charge on any atom is -0.478 e. The number of hydrogen-bond donors (Lipinski definition) is 0. The van der Waals surface area contributed by atoms with E-state index in [4.69, 9.17) is 4.74 Å². The number of nitrogens with zero attached hydrogens (tertiary/aromatic N) is 6. The smallest absolute Gasteiger partial charge is 0.433 e. The van der Waals surface area contributed by atoms with E-state index in [1.807, 2.05) is 18.7 Å². The second-order valence-corrected chi connectivity index (χ2v) is 7.30. The first-order valence-corrected chi connectivity index (χ1v) is 9.79. The number of halogens is 3. The average Bonchev–Trinajstić information content (AvgIpc) is 3.13. The molecule has 0 unspecified atom stereocenters. The molecule has 0 radical (unpaired) electrons. The topological polar surface area (TPSA) is 76.4 Å². The van der Waals surface area contributed by atoms with Crippen molar-refractivity contribution in [2.75, 3.05) is 37.7 Å². The number of piperazine rings is 1. The molecule has 0 aliphatic carbocycles. The number of anilines is 1. The van der Waals surface area contributed by atoms with Crippen LogP contribution >= 0.6 is 0 Å². The molecular weight excluding hydrogens is 401 g/mol. The summed E-state index contributed by atoms with van der Waals surface area (Å²) < 4.78 is 47.0. The summed E-state index contributed by atoms with van der Waals surface area (Å²) in [5.41, 5.74) is -0.679. The van der Waals surface area contributed by atoms with Gasteiger partial charge in [0.25, 0.3) is 5.91 Å². The van der Waals surface area contributed by atoms with Crippen LogP contribution in [0.3, 0.4) is 0 Å². The highest BCUT2D eigenvalue weighted by atomic mass is 19.4. The van der Waals surface area contributed by atoms with E-state index >= 15 is 0 Å². The summed E-state index contributed by atoms with van der Waals surface area (Å²) in [7, 11) is 0. The fourth-order valence-electron chi connectivity index (χ4n) is 3.36. The Bertz CT molecular complexity index is 904. The maximum atomic E-state index is 13.6. The Hall–Kier alpha value is -2.85. The van der Waals surface area contributed by atoms with Crippen LogP contribution in [0.15, 0.2) is 12.3 Å². The predicted octanol–water partition coefficient (Wildman–Crippen LogP) is 2.94. The van der Waals surface area contributed by atoms with E-state index in [2.05, 4.69) is 15.1 Å². The number of carbonyl (C=O) groups is 1. The predicted molar refractivity (Wildman–Crippen MR) is 104 cm³/mol. The van der Waals surface area contributed by atoms with Crippen molar-refractivity contribution in [3.8, 4) is 5.88 Å². The quantitative estimate of drug-likeness (QED) is 0.732. The van der Waals surface area contributed by atoms with Crippen molar-refractivity contribution in [3.63, 3.8) is 0 Å². The third-order valence-electron chi connectivity index (χ3n) is 4.74. The van der Waals surface area contributed by atoms with Crippen LogP contribution in [0.1, 0.15) is 48.6 Å². The molecule has 0 saturated carbocycles. The summed E-state index contributed by atoms with van der Waals surface area (Å²) in [6, 6.07) is 1.22. The SMILES string of the molecule is CCOc1cc(C)nc(N2CCN(C(=O)c3cnn(C(C)C)c3C(F)(F)F)CC2)n1. The van der Waals surface area contributed by atoms with E-state index in [9.17, 15) is 18.0 Å². The molecule has 11 heteroatoms. The molecule has 3 rings (SSSR count). The number of rotatable bonds is 5. The third kappa shape index (κ3) is 4.49. The second kappa shape index (κ2) is 8.49. The molecule has 1 aliphatic rings. The molecule has 1 saturated heterocycles. The molecule has 0 spiro atoms. The van der Waals surface area contributed by atoms with Crippen LogP contribution in [0.2, 0.25) is 0 Å². The summed E-state index contributed by atoms with van der Waals surface area (Å²) in [5, 5.41) is 3.80. The van der Waals surface area contributed by atoms with E-state index in [1.165, 1.54) is 4.90 Å². The van der Waals surface area contributed by atoms with Gasteiger partial charge in [-0.25, -0.2) is 4.98 Å². The van der Waals surface area contributed by atoms with E-state index < -0.39 is 29.4 Å². The van der Waals surface area contributed by atoms with Gasteiger partial charge in [0, 0.05) is 44.0 Å². The molecule has 2 aromatic rings. The van der Waals surface area contributed by atoms with Crippen LogP contribution in [0.4, 0.5) is 19.1 Å². The molecule has 1 aliphatic heterocycles. The van der Waals surface area contributed by atoms with Gasteiger partial charge in [0.05, 0.1) is 18.4 Å². The number of amides is 1. The molecular formula is C19H25F3N6O2. The molecule has 2 aromatic heterocycles. The first kappa shape index (κ1) is 21.8. The Balaban J connectivity index is 1.75. The fourth-order valence-corrected chi connectivity index (χ4v) is 3.36. The summed E-state index contributed by atoms with van der Waals surface area (Å²) in [5.74, 6) is 0.276. The number of ether oxygens (including phenoxy) is 1. The number of hydrogen-bond acceptors (Lipinski definition) is 6. The Kier molecular flexibility index (Phi) is 6.18. The summed E-state index contributed by atoms with van der Waals surface area (Å²) >= 11 is 0. The molecule has 164 valence electrons. The molecule has 1 amide bonds. The van der Waals surface area contributed by atoms with Crippen molar-refractivity contribution in [2.24, 2.45) is 0 Å². The van der Waals surface area contributed by atoms with E-state index in [0.717, 1.165) is 16.6 Å². The van der Waals surface area contributed by atoms with Crippen LogP contribution in [0, 0.1) is 6.92 Å². The minimum absolute atomic E-state index is 0.254. The lowest BCUT2D eigenvalue weighted by Crippen LogP contribution is -2.49. The van der Waals surface area contributed by atoms with Crippen LogP contribution in [-0.2, 0) is 6.18 Å². The van der Waals surface area contributed by atoms with Gasteiger partial charge in [-0.2, -0.15) is 23.3 Å². The number of aromatic nitrogens is 4. The van der Waals surface area contributed by atoms with Crippen LogP contribution in [0.25, 0.3) is 0 Å². The standard InChI is InChI=1S/C19H25F3N6O2/c1-5-30-15-10-13(4)24-18(25-15)27-8-6-26(7-9-27)17(29)14-11-23-28(12(2)3)16(14)19(20,21)22/h10-12H,5-9H2,1-4H3. The molecule has 8 nitrogen and oxygen atoms in total. The van der Waals surface area contributed by atoms with Crippen LogP contribution in [0.5, 0.6) is 5.88 Å². The van der Waals surface area contributed by atoms with Crippen LogP contribution < -0.4 is 9.64 Å². The lowest BCUT2D eigenvalue weighted by atomic mass is 10.2. The lowest BCUT2D eigenvalue weighted by Gasteiger charge is -2.35. The van der Waals surface area contributed by atoms with Crippen molar-refractivity contribution in [1.82, 2.24) is 24.6 Å². The zero-order chi connectivity index (χ0) is 22.1. The zero-order valence-corrected chi connectivity index (χ0v) is 17.4. The van der Waals surface area contributed by atoms with Crippen molar-refractivity contribution in [2.45, 2.75) is 39.9 Å². The molecule has 30 heavy (non-hydrogen) atoms. The van der Waals surface area contributed by atoms with Gasteiger partial charge in [-0.1, -0.05) is 0 Å². The van der Waals surface area contributed by atoms with Crippen LogP contribution in [-0.4, -0.2) is 63.3 Å². The van der Waals surface area contributed by atoms with E-state index in [-0.39, 0.29) is 13.1 Å². The minimum atomic E-state index is -4.67. The second-order valence-electron chi connectivity index (χ2n) is 7.30. The van der Waals surface area contributed by atoms with Gasteiger partial charge in [0.2, 0.25) is 11.8 Å². The van der Waals surface area contributed by atoms with Gasteiger partial charge in [-0.05, 0) is 27.7 Å². The van der Waals surface area contributed by atoms with Crippen molar-refractivity contribution in [1.29, 1.82) is 0 Å². The summed E-state index contributed by atoms with van der Waals surface area (Å²) in [6.45, 7) is 8.66. The third-order valence-corrected chi connectivity index (χ3v) is 4.74.